The van der Waals surface area contributed by atoms with Crippen LogP contribution >= 0.6 is 0 Å². The third-order valence-corrected chi connectivity index (χ3v) is 3.75. The molecule has 0 aliphatic carbocycles. The molecule has 3 aromatic rings. The fourth-order valence-electron chi connectivity index (χ4n) is 2.66. The van der Waals surface area contributed by atoms with E-state index in [4.69, 9.17) is 4.74 Å². The van der Waals surface area contributed by atoms with Crippen LogP contribution in [-0.4, -0.2) is 18.1 Å². The molecule has 3 nitrogen and oxygen atoms in total. The van der Waals surface area contributed by atoms with Crippen molar-refractivity contribution < 1.29 is 13.9 Å². The average molecular weight is 309 g/mol. The minimum absolute atomic E-state index is 0.273. The lowest BCUT2D eigenvalue weighted by molar-refractivity contribution is 0.0600. The van der Waals surface area contributed by atoms with Crippen molar-refractivity contribution in [3.63, 3.8) is 0 Å². The molecule has 0 fully saturated rings. The van der Waals surface area contributed by atoms with E-state index in [1.165, 1.54) is 19.2 Å². The van der Waals surface area contributed by atoms with Crippen LogP contribution in [0.15, 0.2) is 48.5 Å². The number of hydrogen-bond donors (Lipinski definition) is 0. The Morgan fingerprint density at radius 1 is 1.13 bits per heavy atom. The largest absolute Gasteiger partial charge is 0.465 e. The standard InChI is InChI=1S/C19H16FNO2/c1-12-9-15(17-11-16(20)7-8-18(17)21-12)10-13-3-5-14(6-4-13)19(22)23-2/h3-9,11H,10H2,1-2H3. The van der Waals surface area contributed by atoms with Crippen molar-refractivity contribution in [2.24, 2.45) is 0 Å². The Morgan fingerprint density at radius 2 is 1.87 bits per heavy atom. The van der Waals surface area contributed by atoms with Crippen LogP contribution in [0.25, 0.3) is 10.9 Å². The van der Waals surface area contributed by atoms with E-state index in [9.17, 15) is 9.18 Å². The van der Waals surface area contributed by atoms with Gasteiger partial charge < -0.3 is 4.74 Å². The summed E-state index contributed by atoms with van der Waals surface area (Å²) in [5, 5.41) is 0.813. The molecule has 0 saturated heterocycles. The SMILES string of the molecule is COC(=O)c1ccc(Cc2cc(C)nc3ccc(F)cc23)cc1. The summed E-state index contributed by atoms with van der Waals surface area (Å²) in [6, 6.07) is 13.8. The summed E-state index contributed by atoms with van der Waals surface area (Å²) in [6.45, 7) is 1.92. The minimum atomic E-state index is -0.358. The Labute approximate surface area is 133 Å². The third kappa shape index (κ3) is 3.21. The molecule has 0 unspecified atom stereocenters. The molecule has 4 heteroatoms. The number of esters is 1. The number of aromatic nitrogens is 1. The van der Waals surface area contributed by atoms with Crippen molar-refractivity contribution in [3.05, 3.63) is 76.7 Å². The second kappa shape index (κ2) is 6.16. The van der Waals surface area contributed by atoms with Crippen LogP contribution in [0.2, 0.25) is 0 Å². The molecule has 0 amide bonds. The predicted molar refractivity (Wildman–Crippen MR) is 87.0 cm³/mol. The number of halogens is 1. The summed E-state index contributed by atoms with van der Waals surface area (Å²) >= 11 is 0. The molecule has 3 rings (SSSR count). The van der Waals surface area contributed by atoms with Gasteiger partial charge in [-0.25, -0.2) is 9.18 Å². The first kappa shape index (κ1) is 15.2. The van der Waals surface area contributed by atoms with Crippen LogP contribution in [0.5, 0.6) is 0 Å². The van der Waals surface area contributed by atoms with E-state index in [0.29, 0.717) is 12.0 Å². The number of methoxy groups -OCH3 is 1. The zero-order valence-corrected chi connectivity index (χ0v) is 13.0. The number of fused-ring (bicyclic) bond motifs is 1. The molecule has 0 N–H and O–H groups in total. The lowest BCUT2D eigenvalue weighted by Gasteiger charge is -2.09. The molecule has 0 atom stereocenters. The van der Waals surface area contributed by atoms with Crippen molar-refractivity contribution in [1.82, 2.24) is 4.98 Å². The summed E-state index contributed by atoms with van der Waals surface area (Å²) in [4.78, 5) is 15.9. The minimum Gasteiger partial charge on any atom is -0.465 e. The van der Waals surface area contributed by atoms with E-state index in [0.717, 1.165) is 27.7 Å². The van der Waals surface area contributed by atoms with Crippen molar-refractivity contribution >= 4 is 16.9 Å². The third-order valence-electron chi connectivity index (χ3n) is 3.75. The topological polar surface area (TPSA) is 39.2 Å². The van der Waals surface area contributed by atoms with Gasteiger partial charge in [-0.15, -0.1) is 0 Å². The lowest BCUT2D eigenvalue weighted by atomic mass is 9.99. The number of nitrogens with zero attached hydrogens (tertiary/aromatic N) is 1. The number of carbonyl (C=O) groups is 1. The first-order valence-electron chi connectivity index (χ1n) is 7.30. The van der Waals surface area contributed by atoms with Gasteiger partial charge in [-0.2, -0.15) is 0 Å². The fourth-order valence-corrected chi connectivity index (χ4v) is 2.66. The Hall–Kier alpha value is -2.75. The van der Waals surface area contributed by atoms with Crippen molar-refractivity contribution in [2.75, 3.05) is 7.11 Å². The second-order valence-corrected chi connectivity index (χ2v) is 5.45. The monoisotopic (exact) mass is 309 g/mol. The number of benzene rings is 2. The smallest absolute Gasteiger partial charge is 0.337 e. The summed E-state index contributed by atoms with van der Waals surface area (Å²) in [7, 11) is 1.36. The van der Waals surface area contributed by atoms with Crippen LogP contribution in [0, 0.1) is 12.7 Å². The van der Waals surface area contributed by atoms with Gasteiger partial charge in [-0.3, -0.25) is 4.98 Å². The molecule has 116 valence electrons. The van der Waals surface area contributed by atoms with Gasteiger partial charge in [0.15, 0.2) is 0 Å². The van der Waals surface area contributed by atoms with E-state index in [-0.39, 0.29) is 11.8 Å². The Kier molecular flexibility index (Phi) is 4.06. The Bertz CT molecular complexity index is 872. The maximum absolute atomic E-state index is 13.6. The first-order valence-corrected chi connectivity index (χ1v) is 7.30. The van der Waals surface area contributed by atoms with Crippen LogP contribution in [0.4, 0.5) is 4.39 Å². The van der Waals surface area contributed by atoms with E-state index in [1.807, 2.05) is 25.1 Å². The molecule has 1 heterocycles. The van der Waals surface area contributed by atoms with E-state index < -0.39 is 0 Å². The van der Waals surface area contributed by atoms with Gasteiger partial charge in [0.2, 0.25) is 0 Å². The molecule has 23 heavy (non-hydrogen) atoms. The summed E-state index contributed by atoms with van der Waals surface area (Å²) < 4.78 is 18.2. The molecule has 0 aliphatic rings. The molecule has 0 aliphatic heterocycles. The Balaban J connectivity index is 1.97. The van der Waals surface area contributed by atoms with E-state index in [1.54, 1.807) is 18.2 Å². The molecule has 0 bridgehead atoms. The Morgan fingerprint density at radius 3 is 2.57 bits per heavy atom. The van der Waals surface area contributed by atoms with Gasteiger partial charge in [0, 0.05) is 11.1 Å². The van der Waals surface area contributed by atoms with Crippen molar-refractivity contribution in [3.8, 4) is 0 Å². The molecular weight excluding hydrogens is 293 g/mol. The van der Waals surface area contributed by atoms with E-state index >= 15 is 0 Å². The molecule has 0 radical (unpaired) electrons. The fraction of sp³-hybridized carbons (Fsp3) is 0.158. The predicted octanol–water partition coefficient (Wildman–Crippen LogP) is 4.06. The van der Waals surface area contributed by atoms with Crippen LogP contribution in [-0.2, 0) is 11.2 Å². The van der Waals surface area contributed by atoms with Crippen LogP contribution in [0.3, 0.4) is 0 Å². The maximum Gasteiger partial charge on any atom is 0.337 e. The van der Waals surface area contributed by atoms with Gasteiger partial charge in [-0.1, -0.05) is 12.1 Å². The van der Waals surface area contributed by atoms with Crippen molar-refractivity contribution in [2.45, 2.75) is 13.3 Å². The summed E-state index contributed by atoms with van der Waals surface area (Å²) in [5.74, 6) is -0.630. The molecule has 0 spiro atoms. The van der Waals surface area contributed by atoms with Gasteiger partial charge >= 0.3 is 5.97 Å². The molecule has 0 saturated carbocycles. The van der Waals surface area contributed by atoms with Crippen molar-refractivity contribution in [1.29, 1.82) is 0 Å². The number of aryl methyl sites for hydroxylation is 1. The number of carbonyl (C=O) groups excluding carboxylic acids is 1. The van der Waals surface area contributed by atoms with Gasteiger partial charge in [-0.05, 0) is 60.9 Å². The zero-order valence-electron chi connectivity index (χ0n) is 13.0. The van der Waals surface area contributed by atoms with Crippen LogP contribution < -0.4 is 0 Å². The highest BCUT2D eigenvalue weighted by molar-refractivity contribution is 5.89. The number of pyridine rings is 1. The quantitative estimate of drug-likeness (QED) is 0.685. The molecule has 2 aromatic carbocycles. The van der Waals surface area contributed by atoms with E-state index in [2.05, 4.69) is 4.98 Å². The number of ether oxygens (including phenoxy) is 1. The summed E-state index contributed by atoms with van der Waals surface area (Å²) in [6.07, 6.45) is 0.644. The highest BCUT2D eigenvalue weighted by atomic mass is 19.1. The van der Waals surface area contributed by atoms with Crippen LogP contribution in [0.1, 0.15) is 27.2 Å². The lowest BCUT2D eigenvalue weighted by Crippen LogP contribution is -2.01. The zero-order chi connectivity index (χ0) is 16.4. The van der Waals surface area contributed by atoms with Gasteiger partial charge in [0.25, 0.3) is 0 Å². The first-order chi connectivity index (χ1) is 11.1. The number of rotatable bonds is 3. The van der Waals surface area contributed by atoms with Gasteiger partial charge in [0.1, 0.15) is 5.82 Å². The number of hydrogen-bond acceptors (Lipinski definition) is 3. The average Bonchev–Trinajstić information content (AvgIpc) is 2.55. The highest BCUT2D eigenvalue weighted by Gasteiger charge is 2.08. The maximum atomic E-state index is 13.6. The van der Waals surface area contributed by atoms with Gasteiger partial charge in [0.05, 0.1) is 18.2 Å². The summed E-state index contributed by atoms with van der Waals surface area (Å²) in [5.41, 5.74) is 4.24. The normalized spacial score (nSPS) is 10.7. The molecular formula is C19H16FNO2. The highest BCUT2D eigenvalue weighted by Crippen LogP contribution is 2.22. The second-order valence-electron chi connectivity index (χ2n) is 5.45. The molecule has 1 aromatic heterocycles.